The van der Waals surface area contributed by atoms with Crippen LogP contribution in [0.15, 0.2) is 12.4 Å². The zero-order valence-electron chi connectivity index (χ0n) is 15.0. The van der Waals surface area contributed by atoms with Crippen molar-refractivity contribution in [2.75, 3.05) is 4.90 Å². The minimum Gasteiger partial charge on any atom is -0.303 e. The van der Waals surface area contributed by atoms with Crippen LogP contribution in [0.1, 0.15) is 78.1 Å². The molecule has 0 saturated heterocycles. The second-order valence-corrected chi connectivity index (χ2v) is 6.50. The number of anilines is 2. The van der Waals surface area contributed by atoms with E-state index in [9.17, 15) is 0 Å². The molecule has 0 aliphatic rings. The van der Waals surface area contributed by atoms with Crippen LogP contribution < -0.4 is 4.90 Å². The Morgan fingerprint density at radius 3 is 1.79 bits per heavy atom. The molecule has 1 atom stereocenters. The van der Waals surface area contributed by atoms with Gasteiger partial charge in [-0.25, -0.2) is 0 Å². The SMILES string of the molecule is CCCCCCCCCCCC(C)N(c1c[nH]nn1)c1c[nH]nn1. The first-order valence-electron chi connectivity index (χ1n) is 9.35. The summed E-state index contributed by atoms with van der Waals surface area (Å²) in [5.41, 5.74) is 0. The van der Waals surface area contributed by atoms with Gasteiger partial charge in [0.25, 0.3) is 0 Å². The Kier molecular flexibility index (Phi) is 8.27. The molecular weight excluding hydrogens is 302 g/mol. The molecule has 134 valence electrons. The first-order valence-corrected chi connectivity index (χ1v) is 9.35. The highest BCUT2D eigenvalue weighted by atomic mass is 15.4. The molecule has 0 bridgehead atoms. The lowest BCUT2D eigenvalue weighted by atomic mass is 10.0. The molecule has 2 aromatic heterocycles. The molecule has 7 nitrogen and oxygen atoms in total. The van der Waals surface area contributed by atoms with Crippen LogP contribution in [0.5, 0.6) is 0 Å². The molecule has 0 spiro atoms. The summed E-state index contributed by atoms with van der Waals surface area (Å²) in [5.74, 6) is 1.57. The second-order valence-electron chi connectivity index (χ2n) is 6.50. The van der Waals surface area contributed by atoms with E-state index in [0.717, 1.165) is 18.1 Å². The molecule has 2 heterocycles. The summed E-state index contributed by atoms with van der Waals surface area (Å²) >= 11 is 0. The number of H-pyrrole nitrogens is 2. The summed E-state index contributed by atoms with van der Waals surface area (Å²) in [6.07, 6.45) is 16.8. The molecule has 1 unspecified atom stereocenters. The predicted molar refractivity (Wildman–Crippen MR) is 96.2 cm³/mol. The fourth-order valence-corrected chi connectivity index (χ4v) is 3.08. The van der Waals surface area contributed by atoms with Gasteiger partial charge in [0, 0.05) is 6.04 Å². The number of nitrogens with one attached hydrogen (secondary N) is 2. The smallest absolute Gasteiger partial charge is 0.176 e. The second kappa shape index (κ2) is 10.8. The molecule has 0 saturated carbocycles. The fourth-order valence-electron chi connectivity index (χ4n) is 3.08. The molecule has 0 fully saturated rings. The van der Waals surface area contributed by atoms with E-state index in [4.69, 9.17) is 0 Å². The van der Waals surface area contributed by atoms with Gasteiger partial charge < -0.3 is 4.90 Å². The van der Waals surface area contributed by atoms with Crippen molar-refractivity contribution in [3.8, 4) is 0 Å². The maximum Gasteiger partial charge on any atom is 0.176 e. The zero-order chi connectivity index (χ0) is 17.0. The van der Waals surface area contributed by atoms with Crippen molar-refractivity contribution in [3.63, 3.8) is 0 Å². The lowest BCUT2D eigenvalue weighted by molar-refractivity contribution is 0.531. The molecular formula is C17H31N7. The molecule has 0 amide bonds. The summed E-state index contributed by atoms with van der Waals surface area (Å²) < 4.78 is 0. The van der Waals surface area contributed by atoms with Crippen molar-refractivity contribution in [1.29, 1.82) is 0 Å². The van der Waals surface area contributed by atoms with Crippen LogP contribution in [0, 0.1) is 0 Å². The minimum atomic E-state index is 0.310. The number of unbranched alkanes of at least 4 members (excludes halogenated alkanes) is 8. The Morgan fingerprint density at radius 2 is 1.33 bits per heavy atom. The average molecular weight is 333 g/mol. The molecule has 0 aromatic carbocycles. The van der Waals surface area contributed by atoms with E-state index in [-0.39, 0.29) is 0 Å². The molecule has 24 heavy (non-hydrogen) atoms. The number of aromatic nitrogens is 6. The van der Waals surface area contributed by atoms with Gasteiger partial charge in [-0.15, -0.1) is 10.2 Å². The molecule has 0 radical (unpaired) electrons. The maximum atomic E-state index is 4.13. The highest BCUT2D eigenvalue weighted by Gasteiger charge is 2.20. The number of nitrogens with zero attached hydrogens (tertiary/aromatic N) is 5. The van der Waals surface area contributed by atoms with Gasteiger partial charge in [-0.3, -0.25) is 10.2 Å². The van der Waals surface area contributed by atoms with E-state index in [1.807, 2.05) is 0 Å². The van der Waals surface area contributed by atoms with E-state index >= 15 is 0 Å². The third-order valence-corrected chi connectivity index (χ3v) is 4.47. The number of hydrogen-bond donors (Lipinski definition) is 2. The summed E-state index contributed by atoms with van der Waals surface area (Å²) in [7, 11) is 0. The monoisotopic (exact) mass is 333 g/mol. The topological polar surface area (TPSA) is 86.4 Å². The Labute approximate surface area is 144 Å². The molecule has 7 heteroatoms. The van der Waals surface area contributed by atoms with Crippen molar-refractivity contribution in [2.24, 2.45) is 0 Å². The Balaban J connectivity index is 1.67. The van der Waals surface area contributed by atoms with Gasteiger partial charge in [-0.1, -0.05) is 75.1 Å². The number of aromatic amines is 2. The standard InChI is InChI=1S/C17H31N7/c1-3-4-5-6-7-8-9-10-11-12-15(2)24(16-13-18-22-20-16)17-14-19-23-21-17/h13-15H,3-12H2,1-2H3,(H,18,20,22)(H,19,21,23). The quantitative estimate of drug-likeness (QED) is 0.532. The summed E-state index contributed by atoms with van der Waals surface area (Å²) in [4.78, 5) is 2.08. The first-order chi connectivity index (χ1) is 11.8. The van der Waals surface area contributed by atoms with Crippen LogP contribution in [0.2, 0.25) is 0 Å². The Morgan fingerprint density at radius 1 is 0.833 bits per heavy atom. The van der Waals surface area contributed by atoms with Crippen molar-refractivity contribution in [1.82, 2.24) is 30.8 Å². The van der Waals surface area contributed by atoms with E-state index in [1.54, 1.807) is 12.4 Å². The highest BCUT2D eigenvalue weighted by molar-refractivity contribution is 5.53. The third kappa shape index (κ3) is 5.94. The van der Waals surface area contributed by atoms with E-state index in [0.29, 0.717) is 6.04 Å². The van der Waals surface area contributed by atoms with Crippen LogP contribution in [0.25, 0.3) is 0 Å². The zero-order valence-corrected chi connectivity index (χ0v) is 15.0. The van der Waals surface area contributed by atoms with E-state index in [2.05, 4.69) is 49.6 Å². The highest BCUT2D eigenvalue weighted by Crippen LogP contribution is 2.25. The van der Waals surface area contributed by atoms with Crippen molar-refractivity contribution >= 4 is 11.6 Å². The van der Waals surface area contributed by atoms with Gasteiger partial charge in [0.1, 0.15) is 0 Å². The molecule has 0 aliphatic heterocycles. The average Bonchev–Trinajstić information content (AvgIpc) is 3.28. The lowest BCUT2D eigenvalue weighted by Gasteiger charge is -2.26. The maximum absolute atomic E-state index is 4.13. The van der Waals surface area contributed by atoms with Crippen LogP contribution >= 0.6 is 0 Å². The first kappa shape index (κ1) is 18.4. The van der Waals surface area contributed by atoms with Crippen molar-refractivity contribution in [2.45, 2.75) is 84.1 Å². The fraction of sp³-hybridized carbons (Fsp3) is 0.765. The van der Waals surface area contributed by atoms with Crippen molar-refractivity contribution < 1.29 is 0 Å². The van der Waals surface area contributed by atoms with E-state index in [1.165, 1.54) is 57.8 Å². The van der Waals surface area contributed by atoms with Crippen LogP contribution in [0.3, 0.4) is 0 Å². The van der Waals surface area contributed by atoms with Gasteiger partial charge in [-0.2, -0.15) is 0 Å². The van der Waals surface area contributed by atoms with Crippen LogP contribution in [0.4, 0.5) is 11.6 Å². The van der Waals surface area contributed by atoms with Gasteiger partial charge in [0.2, 0.25) is 0 Å². The Bertz CT molecular complexity index is 475. The van der Waals surface area contributed by atoms with Gasteiger partial charge >= 0.3 is 0 Å². The van der Waals surface area contributed by atoms with Crippen LogP contribution in [-0.2, 0) is 0 Å². The largest absolute Gasteiger partial charge is 0.303 e. The summed E-state index contributed by atoms with van der Waals surface area (Å²) in [6, 6.07) is 0.310. The summed E-state index contributed by atoms with van der Waals surface area (Å²) in [5, 5.41) is 21.4. The van der Waals surface area contributed by atoms with Gasteiger partial charge in [-0.05, 0) is 13.3 Å². The molecule has 2 rings (SSSR count). The lowest BCUT2D eigenvalue weighted by Crippen LogP contribution is -2.29. The van der Waals surface area contributed by atoms with E-state index < -0.39 is 0 Å². The Hall–Kier alpha value is -1.92. The minimum absolute atomic E-state index is 0.310. The van der Waals surface area contributed by atoms with Gasteiger partial charge in [0.15, 0.2) is 11.6 Å². The molecule has 2 aromatic rings. The van der Waals surface area contributed by atoms with Gasteiger partial charge in [0.05, 0.1) is 12.4 Å². The predicted octanol–water partition coefficient (Wildman–Crippen LogP) is 4.37. The summed E-state index contributed by atoms with van der Waals surface area (Å²) in [6.45, 7) is 4.47. The number of rotatable bonds is 13. The number of hydrogen-bond acceptors (Lipinski definition) is 5. The molecule has 0 aliphatic carbocycles. The van der Waals surface area contributed by atoms with Crippen LogP contribution in [-0.4, -0.2) is 36.9 Å². The third-order valence-electron chi connectivity index (χ3n) is 4.47. The normalized spacial score (nSPS) is 12.4. The molecule has 2 N–H and O–H groups in total. The van der Waals surface area contributed by atoms with Crippen molar-refractivity contribution in [3.05, 3.63) is 12.4 Å².